The Morgan fingerprint density at radius 1 is 0.381 bits per heavy atom. The maximum Gasteiger partial charge on any atom is 0.164 e. The van der Waals surface area contributed by atoms with Crippen LogP contribution < -0.4 is 0 Å². The van der Waals surface area contributed by atoms with Crippen LogP contribution in [0.5, 0.6) is 0 Å². The number of nitrogens with zero attached hydrogens (tertiary/aromatic N) is 3. The van der Waals surface area contributed by atoms with Crippen molar-refractivity contribution >= 4 is 0 Å². The number of hydrogen-bond acceptors (Lipinski definition) is 3. The molecule has 6 aromatic rings. The second-order valence-corrected chi connectivity index (χ2v) is 11.5. The SMILES string of the molecule is c1ccc(-c2nc(-c3ccccc3)nc(-c3ccccc3-c3cccc4c3-c3ccccc3C43CCCCC3)n2)cc1. The van der Waals surface area contributed by atoms with Crippen molar-refractivity contribution in [3.8, 4) is 56.4 Å². The first-order chi connectivity index (χ1) is 20.8. The predicted octanol–water partition coefficient (Wildman–Crippen LogP) is 9.77. The normalized spacial score (nSPS) is 14.9. The summed E-state index contributed by atoms with van der Waals surface area (Å²) in [6, 6.07) is 45.0. The van der Waals surface area contributed by atoms with Gasteiger partial charge in [-0.1, -0.05) is 147 Å². The first-order valence-electron chi connectivity index (χ1n) is 15.0. The van der Waals surface area contributed by atoms with Crippen molar-refractivity contribution in [3.05, 3.63) is 139 Å². The Hall–Kier alpha value is -4.89. The molecular weight excluding hydrogens is 510 g/mol. The van der Waals surface area contributed by atoms with Crippen LogP contribution in [0, 0.1) is 0 Å². The summed E-state index contributed by atoms with van der Waals surface area (Å²) < 4.78 is 0. The van der Waals surface area contributed by atoms with Gasteiger partial charge in [-0.3, -0.25) is 0 Å². The molecule has 5 aromatic carbocycles. The van der Waals surface area contributed by atoms with E-state index in [2.05, 4.69) is 91.0 Å². The van der Waals surface area contributed by atoms with E-state index in [0.717, 1.165) is 22.3 Å². The van der Waals surface area contributed by atoms with Crippen LogP contribution in [0.25, 0.3) is 56.4 Å². The van der Waals surface area contributed by atoms with Crippen molar-refractivity contribution in [1.82, 2.24) is 15.0 Å². The van der Waals surface area contributed by atoms with E-state index < -0.39 is 0 Å². The van der Waals surface area contributed by atoms with Crippen LogP contribution in [-0.2, 0) is 5.41 Å². The summed E-state index contributed by atoms with van der Waals surface area (Å²) in [7, 11) is 0. The maximum absolute atomic E-state index is 5.08. The zero-order valence-electron chi connectivity index (χ0n) is 23.5. The third-order valence-corrected chi connectivity index (χ3v) is 9.16. The molecule has 0 radical (unpaired) electrons. The molecule has 1 aromatic heterocycles. The number of rotatable bonds is 4. The summed E-state index contributed by atoms with van der Waals surface area (Å²) in [5.74, 6) is 2.05. The number of benzene rings is 5. The van der Waals surface area contributed by atoms with Gasteiger partial charge >= 0.3 is 0 Å². The predicted molar refractivity (Wildman–Crippen MR) is 171 cm³/mol. The van der Waals surface area contributed by atoms with Crippen LogP contribution in [0.3, 0.4) is 0 Å². The minimum atomic E-state index is 0.114. The van der Waals surface area contributed by atoms with Gasteiger partial charge < -0.3 is 0 Å². The average molecular weight is 542 g/mol. The van der Waals surface area contributed by atoms with E-state index in [-0.39, 0.29) is 5.41 Å². The molecule has 1 saturated carbocycles. The maximum atomic E-state index is 5.08. The van der Waals surface area contributed by atoms with E-state index in [0.29, 0.717) is 17.5 Å². The Kier molecular flexibility index (Phi) is 6.03. The molecule has 1 spiro atoms. The van der Waals surface area contributed by atoms with E-state index in [1.807, 2.05) is 36.4 Å². The molecule has 3 nitrogen and oxygen atoms in total. The second kappa shape index (κ2) is 10.2. The highest BCUT2D eigenvalue weighted by molar-refractivity contribution is 5.96. The van der Waals surface area contributed by atoms with Gasteiger partial charge in [0.05, 0.1) is 0 Å². The van der Waals surface area contributed by atoms with Crippen molar-refractivity contribution < 1.29 is 0 Å². The lowest BCUT2D eigenvalue weighted by atomic mass is 9.67. The summed E-state index contributed by atoms with van der Waals surface area (Å²) >= 11 is 0. The summed E-state index contributed by atoms with van der Waals surface area (Å²) in [4.78, 5) is 15.1. The lowest BCUT2D eigenvalue weighted by Crippen LogP contribution is -2.27. The summed E-state index contributed by atoms with van der Waals surface area (Å²) in [5, 5.41) is 0. The molecule has 0 bridgehead atoms. The highest BCUT2D eigenvalue weighted by atomic mass is 15.0. The van der Waals surface area contributed by atoms with E-state index in [1.165, 1.54) is 59.9 Å². The largest absolute Gasteiger partial charge is 0.208 e. The van der Waals surface area contributed by atoms with Crippen LogP contribution in [0.1, 0.15) is 43.2 Å². The Morgan fingerprint density at radius 2 is 0.881 bits per heavy atom. The van der Waals surface area contributed by atoms with E-state index in [4.69, 9.17) is 15.0 Å². The third kappa shape index (κ3) is 4.00. The van der Waals surface area contributed by atoms with Gasteiger partial charge in [-0.2, -0.15) is 0 Å². The Balaban J connectivity index is 1.36. The summed E-state index contributed by atoms with van der Waals surface area (Å²) in [6.07, 6.45) is 6.33. The van der Waals surface area contributed by atoms with E-state index in [1.54, 1.807) is 0 Å². The van der Waals surface area contributed by atoms with Gasteiger partial charge in [-0.05, 0) is 46.2 Å². The molecular formula is C39H31N3. The monoisotopic (exact) mass is 541 g/mol. The lowest BCUT2D eigenvalue weighted by Gasteiger charge is -2.36. The van der Waals surface area contributed by atoms with Gasteiger partial charge in [0, 0.05) is 22.1 Å². The zero-order valence-corrected chi connectivity index (χ0v) is 23.5. The summed E-state index contributed by atoms with van der Waals surface area (Å²) in [5.41, 5.74) is 11.2. The average Bonchev–Trinajstić information content (AvgIpc) is 3.34. The second-order valence-electron chi connectivity index (χ2n) is 11.5. The van der Waals surface area contributed by atoms with Gasteiger partial charge in [0.1, 0.15) is 0 Å². The smallest absolute Gasteiger partial charge is 0.164 e. The molecule has 1 fully saturated rings. The van der Waals surface area contributed by atoms with Crippen molar-refractivity contribution in [1.29, 1.82) is 0 Å². The number of fused-ring (bicyclic) bond motifs is 5. The Morgan fingerprint density at radius 3 is 1.55 bits per heavy atom. The van der Waals surface area contributed by atoms with E-state index in [9.17, 15) is 0 Å². The number of hydrogen-bond donors (Lipinski definition) is 0. The molecule has 0 aliphatic heterocycles. The molecule has 0 saturated heterocycles. The number of aromatic nitrogens is 3. The first-order valence-corrected chi connectivity index (χ1v) is 15.0. The standard InChI is InChI=1S/C39H31N3/c1-4-15-27(16-5-1)36-40-37(28-17-6-2-7-18-28)42-38(41-36)31-20-9-8-19-29(31)30-22-14-24-34-35(30)32-21-10-11-23-33(32)39(34)25-12-3-13-26-39/h1-2,4-11,14-24H,3,12-13,25-26H2. The van der Waals surface area contributed by atoms with Gasteiger partial charge in [-0.15, -0.1) is 0 Å². The topological polar surface area (TPSA) is 38.7 Å². The third-order valence-electron chi connectivity index (χ3n) is 9.16. The zero-order chi connectivity index (χ0) is 27.9. The highest BCUT2D eigenvalue weighted by Crippen LogP contribution is 2.58. The molecule has 0 amide bonds. The summed E-state index contributed by atoms with van der Waals surface area (Å²) in [6.45, 7) is 0. The molecule has 3 heteroatoms. The van der Waals surface area contributed by atoms with Crippen molar-refractivity contribution in [2.45, 2.75) is 37.5 Å². The Labute approximate surface area is 247 Å². The molecule has 0 N–H and O–H groups in total. The molecule has 2 aliphatic rings. The molecule has 2 aliphatic carbocycles. The molecule has 42 heavy (non-hydrogen) atoms. The molecule has 0 unspecified atom stereocenters. The van der Waals surface area contributed by atoms with E-state index >= 15 is 0 Å². The van der Waals surface area contributed by atoms with Gasteiger partial charge in [0.2, 0.25) is 0 Å². The highest BCUT2D eigenvalue weighted by Gasteiger charge is 2.44. The fourth-order valence-electron chi connectivity index (χ4n) is 7.27. The van der Waals surface area contributed by atoms with Crippen molar-refractivity contribution in [2.24, 2.45) is 0 Å². The van der Waals surface area contributed by atoms with Gasteiger partial charge in [0.15, 0.2) is 17.5 Å². The van der Waals surface area contributed by atoms with Gasteiger partial charge in [0.25, 0.3) is 0 Å². The lowest BCUT2D eigenvalue weighted by molar-refractivity contribution is 0.353. The Bertz CT molecular complexity index is 1850. The van der Waals surface area contributed by atoms with Crippen LogP contribution in [0.15, 0.2) is 127 Å². The first kappa shape index (κ1) is 24.9. The van der Waals surface area contributed by atoms with Crippen molar-refractivity contribution in [3.63, 3.8) is 0 Å². The minimum Gasteiger partial charge on any atom is -0.208 e. The van der Waals surface area contributed by atoms with Gasteiger partial charge in [-0.25, -0.2) is 15.0 Å². The molecule has 0 atom stereocenters. The van der Waals surface area contributed by atoms with Crippen molar-refractivity contribution in [2.75, 3.05) is 0 Å². The molecule has 202 valence electrons. The molecule has 8 rings (SSSR count). The van der Waals surface area contributed by atoms with Crippen LogP contribution >= 0.6 is 0 Å². The van der Waals surface area contributed by atoms with Crippen LogP contribution in [0.2, 0.25) is 0 Å². The van der Waals surface area contributed by atoms with Crippen LogP contribution in [-0.4, -0.2) is 15.0 Å². The fourth-order valence-corrected chi connectivity index (χ4v) is 7.27. The molecule has 1 heterocycles. The quantitative estimate of drug-likeness (QED) is 0.223. The minimum absolute atomic E-state index is 0.114. The van der Waals surface area contributed by atoms with Crippen LogP contribution in [0.4, 0.5) is 0 Å². The fraction of sp³-hybridized carbons (Fsp3) is 0.154.